The molecule has 1 saturated carbocycles. The van der Waals surface area contributed by atoms with Crippen LogP contribution in [0.3, 0.4) is 0 Å². The highest BCUT2D eigenvalue weighted by molar-refractivity contribution is 6.61. The van der Waals surface area contributed by atoms with Crippen molar-refractivity contribution in [2.75, 3.05) is 6.61 Å². The monoisotopic (exact) mass is 328 g/mol. The van der Waals surface area contributed by atoms with Gasteiger partial charge in [-0.3, -0.25) is 0 Å². The van der Waals surface area contributed by atoms with Crippen LogP contribution in [-0.4, -0.2) is 25.3 Å². The lowest BCUT2D eigenvalue weighted by atomic mass is 9.72. The molecule has 1 aliphatic carbocycles. The average Bonchev–Trinajstić information content (AvgIpc) is 2.53. The molecule has 0 amide bonds. The molecule has 4 nitrogen and oxygen atoms in total. The Morgan fingerprint density at radius 1 is 1.29 bits per heavy atom. The quantitative estimate of drug-likeness (QED) is 0.527. The second kappa shape index (κ2) is 6.89. The van der Waals surface area contributed by atoms with Gasteiger partial charge in [0.1, 0.15) is 0 Å². The summed E-state index contributed by atoms with van der Waals surface area (Å²) in [6.45, 7) is 7.24. The molecule has 0 radical (unpaired) electrons. The molecule has 2 aliphatic rings. The Bertz CT molecular complexity index is 585. The molecule has 2 N–H and O–H groups in total. The molecule has 1 saturated heterocycles. The van der Waals surface area contributed by atoms with Gasteiger partial charge in [0.2, 0.25) is 0 Å². The molecule has 24 heavy (non-hydrogen) atoms. The van der Waals surface area contributed by atoms with Crippen molar-refractivity contribution in [2.24, 2.45) is 22.1 Å². The van der Waals surface area contributed by atoms with E-state index in [4.69, 9.17) is 20.0 Å². The molecule has 130 valence electrons. The lowest BCUT2D eigenvalue weighted by Crippen LogP contribution is -2.57. The van der Waals surface area contributed by atoms with Crippen molar-refractivity contribution in [3.8, 4) is 0 Å². The van der Waals surface area contributed by atoms with Gasteiger partial charge in [-0.25, -0.2) is 4.99 Å². The minimum absolute atomic E-state index is 0.123. The number of hydrogen-bond acceptors (Lipinski definition) is 3. The van der Waals surface area contributed by atoms with E-state index in [1.807, 2.05) is 30.3 Å². The van der Waals surface area contributed by atoms with E-state index < -0.39 is 5.72 Å². The molecule has 1 aromatic rings. The van der Waals surface area contributed by atoms with Crippen molar-refractivity contribution in [3.63, 3.8) is 0 Å². The van der Waals surface area contributed by atoms with Gasteiger partial charge in [-0.1, -0.05) is 57.5 Å². The maximum Gasteiger partial charge on any atom is 0.495 e. The third-order valence-electron chi connectivity index (χ3n) is 4.85. The molecule has 5 heteroatoms. The number of hydrogen-bond donors (Lipinski definition) is 1. The first-order valence-electron chi connectivity index (χ1n) is 9.07. The standard InChI is InChI=1S/C19H29BN2O2/c1-18(2,3)13-17(21)22-19-12-8-7-9-15(19)14-23-20(24-19)16-10-5-4-6-11-16/h4-6,10-11,15H,7-9,12-14H2,1-3H3,(H2,21,22). The summed E-state index contributed by atoms with van der Waals surface area (Å²) in [6, 6.07) is 10.1. The van der Waals surface area contributed by atoms with Crippen molar-refractivity contribution in [2.45, 2.75) is 58.6 Å². The van der Waals surface area contributed by atoms with Crippen molar-refractivity contribution >= 4 is 18.4 Å². The van der Waals surface area contributed by atoms with E-state index in [9.17, 15) is 0 Å². The summed E-state index contributed by atoms with van der Waals surface area (Å²) in [6.07, 6.45) is 5.14. The third kappa shape index (κ3) is 4.01. The molecule has 1 heterocycles. The molecule has 2 atom stereocenters. The van der Waals surface area contributed by atoms with Gasteiger partial charge in [-0.05, 0) is 30.1 Å². The fraction of sp³-hybridized carbons (Fsp3) is 0.632. The van der Waals surface area contributed by atoms with Gasteiger partial charge < -0.3 is 15.0 Å². The number of benzene rings is 1. The number of rotatable bonds is 3. The van der Waals surface area contributed by atoms with Crippen LogP contribution in [0, 0.1) is 11.3 Å². The summed E-state index contributed by atoms with van der Waals surface area (Å²) in [5.41, 5.74) is 6.95. The van der Waals surface area contributed by atoms with E-state index in [1.54, 1.807) is 0 Å². The average molecular weight is 328 g/mol. The molecule has 3 rings (SSSR count). The van der Waals surface area contributed by atoms with Crippen LogP contribution < -0.4 is 11.2 Å². The number of nitrogens with zero attached hydrogens (tertiary/aromatic N) is 1. The van der Waals surface area contributed by atoms with Crippen LogP contribution in [-0.2, 0) is 9.31 Å². The van der Waals surface area contributed by atoms with E-state index in [0.717, 1.165) is 31.1 Å². The smallest absolute Gasteiger partial charge is 0.407 e. The Hall–Kier alpha value is -1.33. The topological polar surface area (TPSA) is 56.8 Å². The second-order valence-electron chi connectivity index (χ2n) is 8.32. The first-order chi connectivity index (χ1) is 11.4. The van der Waals surface area contributed by atoms with Crippen LogP contribution >= 0.6 is 0 Å². The van der Waals surface area contributed by atoms with E-state index in [1.165, 1.54) is 6.42 Å². The predicted molar refractivity (Wildman–Crippen MR) is 99.3 cm³/mol. The third-order valence-corrected chi connectivity index (χ3v) is 4.85. The van der Waals surface area contributed by atoms with Gasteiger partial charge in [0.25, 0.3) is 0 Å². The zero-order valence-corrected chi connectivity index (χ0v) is 15.1. The van der Waals surface area contributed by atoms with Crippen molar-refractivity contribution in [1.29, 1.82) is 0 Å². The van der Waals surface area contributed by atoms with Crippen LogP contribution in [0.4, 0.5) is 0 Å². The SMILES string of the molecule is CC(C)(C)CC(N)=NC12CCCCC1COB(c1ccccc1)O2. The highest BCUT2D eigenvalue weighted by Crippen LogP contribution is 2.41. The molecular weight excluding hydrogens is 299 g/mol. The van der Waals surface area contributed by atoms with Crippen LogP contribution in [0.15, 0.2) is 35.3 Å². The van der Waals surface area contributed by atoms with Crippen molar-refractivity contribution in [1.82, 2.24) is 0 Å². The fourth-order valence-electron chi connectivity index (χ4n) is 3.76. The highest BCUT2D eigenvalue weighted by atomic mass is 16.6. The van der Waals surface area contributed by atoms with Gasteiger partial charge in [-0.2, -0.15) is 0 Å². The molecule has 1 aliphatic heterocycles. The number of nitrogens with two attached hydrogens (primary N) is 1. The van der Waals surface area contributed by atoms with E-state index in [-0.39, 0.29) is 12.5 Å². The fourth-order valence-corrected chi connectivity index (χ4v) is 3.76. The molecule has 0 bridgehead atoms. The number of amidine groups is 1. The normalized spacial score (nSPS) is 28.5. The van der Waals surface area contributed by atoms with Gasteiger partial charge in [-0.15, -0.1) is 0 Å². The predicted octanol–water partition coefficient (Wildman–Crippen LogP) is 3.11. The van der Waals surface area contributed by atoms with Gasteiger partial charge in [0, 0.05) is 18.9 Å². The van der Waals surface area contributed by atoms with E-state index in [2.05, 4.69) is 20.8 Å². The maximum absolute atomic E-state index is 6.46. The van der Waals surface area contributed by atoms with Crippen LogP contribution in [0.2, 0.25) is 0 Å². The molecule has 2 fully saturated rings. The summed E-state index contributed by atoms with van der Waals surface area (Å²) in [5.74, 6) is 0.993. The Balaban J connectivity index is 1.86. The summed E-state index contributed by atoms with van der Waals surface area (Å²) in [7, 11) is -0.355. The van der Waals surface area contributed by atoms with Gasteiger partial charge >= 0.3 is 7.12 Å². The Morgan fingerprint density at radius 3 is 2.75 bits per heavy atom. The molecule has 2 unspecified atom stereocenters. The van der Waals surface area contributed by atoms with Crippen molar-refractivity contribution in [3.05, 3.63) is 30.3 Å². The molecule has 0 spiro atoms. The largest absolute Gasteiger partial charge is 0.495 e. The zero-order valence-electron chi connectivity index (χ0n) is 15.1. The van der Waals surface area contributed by atoms with Crippen molar-refractivity contribution < 1.29 is 9.31 Å². The number of fused-ring (bicyclic) bond motifs is 1. The minimum Gasteiger partial charge on any atom is -0.407 e. The molecular formula is C19H29BN2O2. The first kappa shape index (κ1) is 17.5. The Kier molecular flexibility index (Phi) is 5.02. The summed E-state index contributed by atoms with van der Waals surface area (Å²) < 4.78 is 12.5. The van der Waals surface area contributed by atoms with Gasteiger partial charge in [0.15, 0.2) is 5.72 Å². The highest BCUT2D eigenvalue weighted by Gasteiger charge is 2.49. The summed E-state index contributed by atoms with van der Waals surface area (Å²) in [4.78, 5) is 4.94. The van der Waals surface area contributed by atoms with E-state index >= 15 is 0 Å². The molecule has 0 aromatic heterocycles. The van der Waals surface area contributed by atoms with Gasteiger partial charge in [0.05, 0.1) is 5.84 Å². The van der Waals surface area contributed by atoms with Crippen LogP contribution in [0.25, 0.3) is 0 Å². The summed E-state index contributed by atoms with van der Waals surface area (Å²) >= 11 is 0. The van der Waals surface area contributed by atoms with Crippen LogP contribution in [0.5, 0.6) is 0 Å². The first-order valence-corrected chi connectivity index (χ1v) is 9.07. The molecule has 1 aromatic carbocycles. The zero-order chi connectivity index (χ0) is 17.2. The summed E-state index contributed by atoms with van der Waals surface area (Å²) in [5, 5.41) is 0. The lowest BCUT2D eigenvalue weighted by molar-refractivity contribution is -0.0872. The van der Waals surface area contributed by atoms with Crippen LogP contribution in [0.1, 0.15) is 52.9 Å². The van der Waals surface area contributed by atoms with E-state index in [0.29, 0.717) is 18.4 Å². The minimum atomic E-state index is -0.521. The Morgan fingerprint density at radius 2 is 2.04 bits per heavy atom. The number of aliphatic imine (C=N–C) groups is 1. The second-order valence-corrected chi connectivity index (χ2v) is 8.32. The Labute approximate surface area is 146 Å². The lowest BCUT2D eigenvalue weighted by Gasteiger charge is -2.46. The maximum atomic E-state index is 6.46.